The molecule has 0 aromatic rings. The second-order valence-corrected chi connectivity index (χ2v) is 1.53. The summed E-state index contributed by atoms with van der Waals surface area (Å²) in [6, 6.07) is -0.141. The summed E-state index contributed by atoms with van der Waals surface area (Å²) in [5.41, 5.74) is 0. The van der Waals surface area contributed by atoms with Gasteiger partial charge in [-0.3, -0.25) is 0 Å². The van der Waals surface area contributed by atoms with Crippen molar-refractivity contribution in [2.75, 3.05) is 13.1 Å². The molecular weight excluding hydrogens is 116 g/mol. The SMILES string of the molecule is C=CCNC(=O)NCC. The summed E-state index contributed by atoms with van der Waals surface area (Å²) in [6.45, 7) is 6.49. The van der Waals surface area contributed by atoms with Crippen LogP contribution in [0, 0.1) is 0 Å². The third-order valence-corrected chi connectivity index (χ3v) is 0.744. The van der Waals surface area contributed by atoms with Gasteiger partial charge >= 0.3 is 6.03 Å². The van der Waals surface area contributed by atoms with Crippen molar-refractivity contribution in [3.05, 3.63) is 12.7 Å². The summed E-state index contributed by atoms with van der Waals surface area (Å²) in [5, 5.41) is 5.15. The molecule has 9 heavy (non-hydrogen) atoms. The van der Waals surface area contributed by atoms with Gasteiger partial charge in [-0.05, 0) is 6.92 Å². The molecule has 0 spiro atoms. The molecule has 0 aromatic heterocycles. The average molecular weight is 128 g/mol. The molecule has 3 heteroatoms. The Kier molecular flexibility index (Phi) is 4.59. The maximum Gasteiger partial charge on any atom is 0.315 e. The van der Waals surface area contributed by atoms with Gasteiger partial charge in [0.15, 0.2) is 0 Å². The molecule has 0 aliphatic heterocycles. The fourth-order valence-electron chi connectivity index (χ4n) is 0.388. The molecule has 0 saturated carbocycles. The van der Waals surface area contributed by atoms with E-state index in [1.54, 1.807) is 6.08 Å². The Morgan fingerprint density at radius 3 is 2.78 bits per heavy atom. The zero-order valence-corrected chi connectivity index (χ0v) is 5.61. The highest BCUT2D eigenvalue weighted by atomic mass is 16.2. The summed E-state index contributed by atoms with van der Waals surface area (Å²) < 4.78 is 0. The lowest BCUT2D eigenvalue weighted by Crippen LogP contribution is -2.35. The van der Waals surface area contributed by atoms with Gasteiger partial charge in [-0.15, -0.1) is 6.58 Å². The molecule has 0 saturated heterocycles. The number of amides is 2. The van der Waals surface area contributed by atoms with Gasteiger partial charge in [-0.1, -0.05) is 6.08 Å². The van der Waals surface area contributed by atoms with Crippen LogP contribution in [0.4, 0.5) is 4.79 Å². The van der Waals surface area contributed by atoms with Crippen LogP contribution in [-0.4, -0.2) is 19.1 Å². The number of carbonyl (C=O) groups is 1. The van der Waals surface area contributed by atoms with Crippen LogP contribution in [0.3, 0.4) is 0 Å². The highest BCUT2D eigenvalue weighted by molar-refractivity contribution is 5.73. The van der Waals surface area contributed by atoms with E-state index in [1.807, 2.05) is 6.92 Å². The van der Waals surface area contributed by atoms with Crippen molar-refractivity contribution < 1.29 is 4.79 Å². The van der Waals surface area contributed by atoms with Crippen molar-refractivity contribution in [2.24, 2.45) is 0 Å². The van der Waals surface area contributed by atoms with Crippen LogP contribution < -0.4 is 10.6 Å². The second-order valence-electron chi connectivity index (χ2n) is 1.53. The van der Waals surface area contributed by atoms with Crippen LogP contribution >= 0.6 is 0 Å². The normalized spacial score (nSPS) is 8.11. The Balaban J connectivity index is 3.16. The number of carbonyl (C=O) groups excluding carboxylic acids is 1. The minimum Gasteiger partial charge on any atom is -0.338 e. The number of nitrogens with one attached hydrogen (secondary N) is 2. The predicted octanol–water partition coefficient (Wildman–Crippen LogP) is 0.491. The zero-order chi connectivity index (χ0) is 7.11. The van der Waals surface area contributed by atoms with Crippen molar-refractivity contribution in [1.29, 1.82) is 0 Å². The monoisotopic (exact) mass is 128 g/mol. The number of rotatable bonds is 3. The molecular formula is C6H12N2O. The maximum absolute atomic E-state index is 10.5. The number of hydrogen-bond acceptors (Lipinski definition) is 1. The minimum absolute atomic E-state index is 0.141. The Morgan fingerprint density at radius 1 is 1.67 bits per heavy atom. The molecule has 0 rings (SSSR count). The van der Waals surface area contributed by atoms with E-state index in [4.69, 9.17) is 0 Å². The van der Waals surface area contributed by atoms with E-state index in [1.165, 1.54) is 0 Å². The van der Waals surface area contributed by atoms with E-state index in [0.717, 1.165) is 0 Å². The lowest BCUT2D eigenvalue weighted by atomic mass is 10.6. The van der Waals surface area contributed by atoms with Crippen molar-refractivity contribution in [3.8, 4) is 0 Å². The van der Waals surface area contributed by atoms with Crippen LogP contribution in [0.25, 0.3) is 0 Å². The summed E-state index contributed by atoms with van der Waals surface area (Å²) in [7, 11) is 0. The maximum atomic E-state index is 10.5. The standard InChI is InChI=1S/C6H12N2O/c1-3-5-8-6(9)7-4-2/h3H,1,4-5H2,2H3,(H2,7,8,9). The Morgan fingerprint density at radius 2 is 2.33 bits per heavy atom. The zero-order valence-electron chi connectivity index (χ0n) is 5.61. The van der Waals surface area contributed by atoms with Gasteiger partial charge in [0.25, 0.3) is 0 Å². The first-order valence-corrected chi connectivity index (χ1v) is 2.93. The quantitative estimate of drug-likeness (QED) is 0.534. The Labute approximate surface area is 55.1 Å². The van der Waals surface area contributed by atoms with Crippen molar-refractivity contribution in [2.45, 2.75) is 6.92 Å². The van der Waals surface area contributed by atoms with E-state index < -0.39 is 0 Å². The van der Waals surface area contributed by atoms with Gasteiger partial charge in [0.2, 0.25) is 0 Å². The van der Waals surface area contributed by atoms with Crippen molar-refractivity contribution in [1.82, 2.24) is 10.6 Å². The minimum atomic E-state index is -0.141. The molecule has 0 atom stereocenters. The van der Waals surface area contributed by atoms with Crippen LogP contribution in [-0.2, 0) is 0 Å². The lowest BCUT2D eigenvalue weighted by Gasteiger charge is -2.00. The van der Waals surface area contributed by atoms with E-state index in [-0.39, 0.29) is 6.03 Å². The fourth-order valence-corrected chi connectivity index (χ4v) is 0.388. The first kappa shape index (κ1) is 8.01. The molecule has 0 aliphatic carbocycles. The van der Waals surface area contributed by atoms with Gasteiger partial charge in [-0.25, -0.2) is 4.79 Å². The fraction of sp³-hybridized carbons (Fsp3) is 0.500. The smallest absolute Gasteiger partial charge is 0.315 e. The van der Waals surface area contributed by atoms with Crippen molar-refractivity contribution in [3.63, 3.8) is 0 Å². The summed E-state index contributed by atoms with van der Waals surface area (Å²) in [6.07, 6.45) is 1.63. The van der Waals surface area contributed by atoms with Crippen LogP contribution in [0.15, 0.2) is 12.7 Å². The van der Waals surface area contributed by atoms with Gasteiger partial charge in [0.05, 0.1) is 0 Å². The molecule has 0 fully saturated rings. The van der Waals surface area contributed by atoms with E-state index in [2.05, 4.69) is 17.2 Å². The Bertz CT molecular complexity index is 101. The topological polar surface area (TPSA) is 41.1 Å². The highest BCUT2D eigenvalue weighted by Gasteiger charge is 1.90. The summed E-state index contributed by atoms with van der Waals surface area (Å²) in [5.74, 6) is 0. The van der Waals surface area contributed by atoms with E-state index in [0.29, 0.717) is 13.1 Å². The average Bonchev–Trinajstić information content (AvgIpc) is 1.85. The highest BCUT2D eigenvalue weighted by Crippen LogP contribution is 1.63. The summed E-state index contributed by atoms with van der Waals surface area (Å²) in [4.78, 5) is 10.5. The lowest BCUT2D eigenvalue weighted by molar-refractivity contribution is 0.242. The molecule has 0 unspecified atom stereocenters. The van der Waals surface area contributed by atoms with Gasteiger partial charge in [0.1, 0.15) is 0 Å². The third kappa shape index (κ3) is 4.87. The molecule has 2 amide bonds. The van der Waals surface area contributed by atoms with E-state index >= 15 is 0 Å². The number of urea groups is 1. The van der Waals surface area contributed by atoms with Gasteiger partial charge in [0, 0.05) is 13.1 Å². The first-order chi connectivity index (χ1) is 4.31. The molecule has 52 valence electrons. The molecule has 0 aromatic carbocycles. The number of hydrogen-bond donors (Lipinski definition) is 2. The van der Waals surface area contributed by atoms with Gasteiger partial charge < -0.3 is 10.6 Å². The molecule has 0 heterocycles. The van der Waals surface area contributed by atoms with Crippen molar-refractivity contribution >= 4 is 6.03 Å². The van der Waals surface area contributed by atoms with Gasteiger partial charge in [-0.2, -0.15) is 0 Å². The predicted molar refractivity (Wildman–Crippen MR) is 37.3 cm³/mol. The molecule has 0 bridgehead atoms. The molecule has 0 radical (unpaired) electrons. The largest absolute Gasteiger partial charge is 0.338 e. The second kappa shape index (κ2) is 5.15. The Hall–Kier alpha value is -0.990. The van der Waals surface area contributed by atoms with E-state index in [9.17, 15) is 4.79 Å². The molecule has 2 N–H and O–H groups in total. The van der Waals surface area contributed by atoms with Crippen LogP contribution in [0.1, 0.15) is 6.92 Å². The first-order valence-electron chi connectivity index (χ1n) is 2.93. The third-order valence-electron chi connectivity index (χ3n) is 0.744. The van der Waals surface area contributed by atoms with Crippen LogP contribution in [0.2, 0.25) is 0 Å². The van der Waals surface area contributed by atoms with Crippen LogP contribution in [0.5, 0.6) is 0 Å². The molecule has 3 nitrogen and oxygen atoms in total. The molecule has 0 aliphatic rings. The summed E-state index contributed by atoms with van der Waals surface area (Å²) >= 11 is 0.